The van der Waals surface area contributed by atoms with Gasteiger partial charge in [0.1, 0.15) is 18.3 Å². The summed E-state index contributed by atoms with van der Waals surface area (Å²) in [5.41, 5.74) is 0.399. The normalized spacial score (nSPS) is 11.7. The highest BCUT2D eigenvalue weighted by molar-refractivity contribution is 5.98. The van der Waals surface area contributed by atoms with Crippen LogP contribution in [0.25, 0.3) is 0 Å². The van der Waals surface area contributed by atoms with E-state index in [1.54, 1.807) is 45.0 Å². The number of benzene rings is 1. The van der Waals surface area contributed by atoms with Gasteiger partial charge in [-0.2, -0.15) is 0 Å². The third-order valence-electron chi connectivity index (χ3n) is 3.59. The lowest BCUT2D eigenvalue weighted by atomic mass is 10.0. The Labute approximate surface area is 141 Å². The highest BCUT2D eigenvalue weighted by Crippen LogP contribution is 2.13. The second-order valence-corrected chi connectivity index (χ2v) is 5.67. The molecule has 0 bridgehead atoms. The number of carboxylic acid groups (broad SMARTS) is 1. The standard InChI is InChI=1S/C17H24N2O5/c1-5-19(10-14(20)21)17(23)15(11(2)3)18-16(22)12-6-8-13(24-4)9-7-12/h6-9,11,15H,5,10H2,1-4H3,(H,18,22)(H,20,21). The van der Waals surface area contributed by atoms with Crippen molar-refractivity contribution < 1.29 is 24.2 Å². The molecule has 2 N–H and O–H groups in total. The first-order chi connectivity index (χ1) is 11.3. The van der Waals surface area contributed by atoms with E-state index in [0.717, 1.165) is 0 Å². The van der Waals surface area contributed by atoms with Gasteiger partial charge in [0.15, 0.2) is 0 Å². The number of hydrogen-bond acceptors (Lipinski definition) is 4. The van der Waals surface area contributed by atoms with Gasteiger partial charge in [-0.1, -0.05) is 13.8 Å². The Bertz CT molecular complexity index is 583. The van der Waals surface area contributed by atoms with Crippen LogP contribution in [-0.2, 0) is 9.59 Å². The lowest BCUT2D eigenvalue weighted by Crippen LogP contribution is -2.52. The molecule has 1 unspecified atom stereocenters. The molecule has 2 amide bonds. The molecular formula is C17H24N2O5. The maximum absolute atomic E-state index is 12.5. The number of carbonyl (C=O) groups excluding carboxylic acids is 2. The lowest BCUT2D eigenvalue weighted by Gasteiger charge is -2.28. The summed E-state index contributed by atoms with van der Waals surface area (Å²) < 4.78 is 5.04. The minimum absolute atomic E-state index is 0.178. The van der Waals surface area contributed by atoms with Crippen molar-refractivity contribution in [2.24, 2.45) is 5.92 Å². The molecule has 1 rings (SSSR count). The first kappa shape index (κ1) is 19.5. The number of aliphatic carboxylic acids is 1. The zero-order valence-corrected chi connectivity index (χ0v) is 14.4. The van der Waals surface area contributed by atoms with Gasteiger partial charge in [0.25, 0.3) is 5.91 Å². The predicted molar refractivity (Wildman–Crippen MR) is 89.0 cm³/mol. The first-order valence-electron chi connectivity index (χ1n) is 7.75. The van der Waals surface area contributed by atoms with E-state index >= 15 is 0 Å². The molecule has 0 fully saturated rings. The largest absolute Gasteiger partial charge is 0.497 e. The Hall–Kier alpha value is -2.57. The predicted octanol–water partition coefficient (Wildman–Crippen LogP) is 1.38. The molecule has 1 aromatic carbocycles. The van der Waals surface area contributed by atoms with Crippen LogP contribution in [0.1, 0.15) is 31.1 Å². The average molecular weight is 336 g/mol. The molecule has 24 heavy (non-hydrogen) atoms. The zero-order chi connectivity index (χ0) is 18.3. The molecule has 1 atom stereocenters. The summed E-state index contributed by atoms with van der Waals surface area (Å²) in [5, 5.41) is 11.6. The van der Waals surface area contributed by atoms with Gasteiger partial charge in [-0.25, -0.2) is 0 Å². The fraction of sp³-hybridized carbons (Fsp3) is 0.471. The maximum Gasteiger partial charge on any atom is 0.323 e. The lowest BCUT2D eigenvalue weighted by molar-refractivity contribution is -0.145. The number of hydrogen-bond donors (Lipinski definition) is 2. The summed E-state index contributed by atoms with van der Waals surface area (Å²) in [5.74, 6) is -1.44. The molecule has 0 heterocycles. The van der Waals surface area contributed by atoms with Gasteiger partial charge >= 0.3 is 5.97 Å². The number of carboxylic acids is 1. The molecule has 0 aliphatic rings. The Morgan fingerprint density at radius 2 is 1.79 bits per heavy atom. The number of ether oxygens (including phenoxy) is 1. The van der Waals surface area contributed by atoms with Crippen LogP contribution < -0.4 is 10.1 Å². The molecular weight excluding hydrogens is 312 g/mol. The van der Waals surface area contributed by atoms with E-state index < -0.39 is 30.4 Å². The summed E-state index contributed by atoms with van der Waals surface area (Å²) in [6.07, 6.45) is 0. The number of rotatable bonds is 8. The number of methoxy groups -OCH3 is 1. The maximum atomic E-state index is 12.5. The molecule has 0 spiro atoms. The van der Waals surface area contributed by atoms with Crippen LogP contribution >= 0.6 is 0 Å². The van der Waals surface area contributed by atoms with E-state index in [1.165, 1.54) is 12.0 Å². The number of nitrogens with one attached hydrogen (secondary N) is 1. The third-order valence-corrected chi connectivity index (χ3v) is 3.59. The van der Waals surface area contributed by atoms with Crippen molar-refractivity contribution in [3.8, 4) is 5.75 Å². The Morgan fingerprint density at radius 3 is 2.21 bits per heavy atom. The SMILES string of the molecule is CCN(CC(=O)O)C(=O)C(NC(=O)c1ccc(OC)cc1)C(C)C. The van der Waals surface area contributed by atoms with E-state index in [-0.39, 0.29) is 12.5 Å². The second kappa shape index (κ2) is 8.90. The van der Waals surface area contributed by atoms with Crippen LogP contribution in [0.5, 0.6) is 5.75 Å². The topological polar surface area (TPSA) is 95.9 Å². The molecule has 0 saturated heterocycles. The fourth-order valence-electron chi connectivity index (χ4n) is 2.19. The van der Waals surface area contributed by atoms with Crippen LogP contribution in [0.3, 0.4) is 0 Å². The van der Waals surface area contributed by atoms with E-state index in [9.17, 15) is 14.4 Å². The molecule has 0 aliphatic carbocycles. The van der Waals surface area contributed by atoms with E-state index in [0.29, 0.717) is 11.3 Å². The van der Waals surface area contributed by atoms with E-state index in [4.69, 9.17) is 9.84 Å². The van der Waals surface area contributed by atoms with E-state index in [1.807, 2.05) is 0 Å². The number of likely N-dealkylation sites (N-methyl/N-ethyl adjacent to an activating group) is 1. The van der Waals surface area contributed by atoms with Gasteiger partial charge in [0.05, 0.1) is 7.11 Å². The number of carbonyl (C=O) groups is 3. The van der Waals surface area contributed by atoms with Crippen molar-refractivity contribution in [3.63, 3.8) is 0 Å². The van der Waals surface area contributed by atoms with Gasteiger partial charge in [0, 0.05) is 12.1 Å². The van der Waals surface area contributed by atoms with Crippen LogP contribution in [0.4, 0.5) is 0 Å². The van der Waals surface area contributed by atoms with Gasteiger partial charge in [-0.05, 0) is 37.1 Å². The Kier molecular flexibility index (Phi) is 7.23. The van der Waals surface area contributed by atoms with E-state index in [2.05, 4.69) is 5.32 Å². The molecule has 0 aliphatic heterocycles. The van der Waals surface area contributed by atoms with Gasteiger partial charge in [-0.3, -0.25) is 14.4 Å². The average Bonchev–Trinajstić information content (AvgIpc) is 2.56. The second-order valence-electron chi connectivity index (χ2n) is 5.67. The minimum atomic E-state index is -1.09. The van der Waals surface area contributed by atoms with Crippen LogP contribution in [0.2, 0.25) is 0 Å². The summed E-state index contributed by atoms with van der Waals surface area (Å²) in [6, 6.07) is 5.72. The molecule has 0 saturated carbocycles. The van der Waals surface area contributed by atoms with Crippen molar-refractivity contribution in [1.29, 1.82) is 0 Å². The smallest absolute Gasteiger partial charge is 0.323 e. The number of nitrogens with zero attached hydrogens (tertiary/aromatic N) is 1. The van der Waals surface area contributed by atoms with Crippen molar-refractivity contribution in [3.05, 3.63) is 29.8 Å². The Balaban J connectivity index is 2.89. The highest BCUT2D eigenvalue weighted by Gasteiger charge is 2.29. The van der Waals surface area contributed by atoms with Crippen molar-refractivity contribution >= 4 is 17.8 Å². The number of amides is 2. The summed E-state index contributed by atoms with van der Waals surface area (Å²) in [7, 11) is 1.53. The van der Waals surface area contributed by atoms with Gasteiger partial charge < -0.3 is 20.1 Å². The molecule has 1 aromatic rings. The molecule has 132 valence electrons. The highest BCUT2D eigenvalue weighted by atomic mass is 16.5. The molecule has 0 radical (unpaired) electrons. The Morgan fingerprint density at radius 1 is 1.21 bits per heavy atom. The van der Waals surface area contributed by atoms with Crippen LogP contribution in [0, 0.1) is 5.92 Å². The van der Waals surface area contributed by atoms with Crippen molar-refractivity contribution in [2.45, 2.75) is 26.8 Å². The third kappa shape index (κ3) is 5.26. The van der Waals surface area contributed by atoms with Crippen LogP contribution in [-0.4, -0.2) is 54.0 Å². The summed E-state index contributed by atoms with van der Waals surface area (Å²) >= 11 is 0. The van der Waals surface area contributed by atoms with Crippen molar-refractivity contribution in [2.75, 3.05) is 20.2 Å². The summed E-state index contributed by atoms with van der Waals surface area (Å²) in [4.78, 5) is 37.0. The van der Waals surface area contributed by atoms with Crippen LogP contribution in [0.15, 0.2) is 24.3 Å². The van der Waals surface area contributed by atoms with Crippen molar-refractivity contribution in [1.82, 2.24) is 10.2 Å². The molecule has 0 aromatic heterocycles. The molecule has 7 nitrogen and oxygen atoms in total. The minimum Gasteiger partial charge on any atom is -0.497 e. The molecule has 7 heteroatoms. The first-order valence-corrected chi connectivity index (χ1v) is 7.75. The van der Waals surface area contributed by atoms with Gasteiger partial charge in [-0.15, -0.1) is 0 Å². The monoisotopic (exact) mass is 336 g/mol. The fourth-order valence-corrected chi connectivity index (χ4v) is 2.19. The summed E-state index contributed by atoms with van der Waals surface area (Å²) in [6.45, 7) is 5.16. The quantitative estimate of drug-likeness (QED) is 0.748. The van der Waals surface area contributed by atoms with Gasteiger partial charge in [0.2, 0.25) is 5.91 Å². The zero-order valence-electron chi connectivity index (χ0n) is 14.4.